The molecule has 23 heavy (non-hydrogen) atoms. The third kappa shape index (κ3) is 3.85. The van der Waals surface area contributed by atoms with Gasteiger partial charge in [-0.05, 0) is 18.6 Å². The number of aromatic nitrogens is 3. The van der Waals surface area contributed by atoms with Crippen LogP contribution in [0, 0.1) is 0 Å². The fraction of sp³-hybridized carbons (Fsp3) is 0.235. The highest BCUT2D eigenvalue weighted by molar-refractivity contribution is 5.89. The predicted molar refractivity (Wildman–Crippen MR) is 89.7 cm³/mol. The van der Waals surface area contributed by atoms with Gasteiger partial charge >= 0.3 is 0 Å². The number of para-hydroxylation sites is 1. The molecule has 0 aliphatic carbocycles. The van der Waals surface area contributed by atoms with Gasteiger partial charge in [0.1, 0.15) is 0 Å². The minimum absolute atomic E-state index is 0.0306. The average Bonchev–Trinajstić information content (AvgIpc) is 3.06. The van der Waals surface area contributed by atoms with Crippen LogP contribution in [0.15, 0.2) is 49.1 Å². The van der Waals surface area contributed by atoms with Crippen molar-refractivity contribution in [2.45, 2.75) is 19.4 Å². The second kappa shape index (κ2) is 6.91. The Kier molecular flexibility index (Phi) is 4.52. The molecule has 2 heterocycles. The lowest BCUT2D eigenvalue weighted by atomic mass is 10.1. The van der Waals surface area contributed by atoms with E-state index in [2.05, 4.69) is 15.3 Å². The van der Waals surface area contributed by atoms with Crippen molar-refractivity contribution in [1.29, 1.82) is 0 Å². The largest absolute Gasteiger partial charge is 0.397 e. The van der Waals surface area contributed by atoms with Gasteiger partial charge in [0, 0.05) is 30.9 Å². The van der Waals surface area contributed by atoms with Gasteiger partial charge in [0.05, 0.1) is 29.6 Å². The van der Waals surface area contributed by atoms with E-state index in [0.29, 0.717) is 12.2 Å². The van der Waals surface area contributed by atoms with E-state index in [1.165, 1.54) is 0 Å². The lowest BCUT2D eigenvalue weighted by molar-refractivity contribution is -0.120. The number of nitrogens with zero attached hydrogens (tertiary/aromatic N) is 3. The molecule has 0 spiro atoms. The molecular formula is C17H19N5O. The fourth-order valence-corrected chi connectivity index (χ4v) is 2.44. The third-order valence-corrected chi connectivity index (χ3v) is 3.63. The molecule has 0 aliphatic heterocycles. The number of aryl methyl sites for hydroxylation is 1. The maximum Gasteiger partial charge on any atom is 0.226 e. The number of hydrogen-bond acceptors (Lipinski definition) is 4. The number of imidazole rings is 1. The Morgan fingerprint density at radius 3 is 3.00 bits per heavy atom. The first-order chi connectivity index (χ1) is 11.2. The smallest absolute Gasteiger partial charge is 0.226 e. The van der Waals surface area contributed by atoms with Crippen LogP contribution in [0.4, 0.5) is 5.69 Å². The van der Waals surface area contributed by atoms with Crippen LogP contribution in [0.2, 0.25) is 0 Å². The van der Waals surface area contributed by atoms with Crippen LogP contribution in [0.5, 0.6) is 0 Å². The van der Waals surface area contributed by atoms with E-state index in [1.54, 1.807) is 12.5 Å². The second-order valence-electron chi connectivity index (χ2n) is 5.40. The zero-order valence-electron chi connectivity index (χ0n) is 12.8. The summed E-state index contributed by atoms with van der Waals surface area (Å²) in [4.78, 5) is 20.5. The van der Waals surface area contributed by atoms with Gasteiger partial charge in [-0.15, -0.1) is 0 Å². The third-order valence-electron chi connectivity index (χ3n) is 3.63. The molecule has 0 bridgehead atoms. The summed E-state index contributed by atoms with van der Waals surface area (Å²) in [5.74, 6) is -0.0306. The van der Waals surface area contributed by atoms with Crippen LogP contribution in [-0.2, 0) is 17.8 Å². The molecule has 1 amide bonds. The maximum absolute atomic E-state index is 12.0. The predicted octanol–water partition coefficient (Wildman–Crippen LogP) is 1.76. The number of benzene rings is 1. The normalized spacial score (nSPS) is 10.8. The summed E-state index contributed by atoms with van der Waals surface area (Å²) in [6, 6.07) is 9.48. The van der Waals surface area contributed by atoms with Crippen molar-refractivity contribution >= 4 is 22.5 Å². The topological polar surface area (TPSA) is 85.8 Å². The van der Waals surface area contributed by atoms with Gasteiger partial charge in [-0.2, -0.15) is 0 Å². The van der Waals surface area contributed by atoms with E-state index in [0.717, 1.165) is 29.6 Å². The number of amides is 1. The summed E-state index contributed by atoms with van der Waals surface area (Å²) < 4.78 is 1.99. The number of pyridine rings is 1. The molecule has 0 aliphatic rings. The Hall–Kier alpha value is -2.89. The van der Waals surface area contributed by atoms with E-state index in [4.69, 9.17) is 5.73 Å². The van der Waals surface area contributed by atoms with Crippen LogP contribution in [0.1, 0.15) is 12.1 Å². The molecule has 0 fully saturated rings. The minimum Gasteiger partial charge on any atom is -0.397 e. The zero-order chi connectivity index (χ0) is 16.1. The quantitative estimate of drug-likeness (QED) is 0.536. The van der Waals surface area contributed by atoms with Crippen molar-refractivity contribution in [3.8, 4) is 0 Å². The number of anilines is 1. The summed E-state index contributed by atoms with van der Waals surface area (Å²) in [5.41, 5.74) is 8.03. The number of fused-ring (bicyclic) bond motifs is 1. The molecule has 1 aromatic carbocycles. The summed E-state index contributed by atoms with van der Waals surface area (Å²) >= 11 is 0. The van der Waals surface area contributed by atoms with Gasteiger partial charge in [-0.1, -0.05) is 18.2 Å². The number of rotatable bonds is 6. The Morgan fingerprint density at radius 2 is 2.17 bits per heavy atom. The van der Waals surface area contributed by atoms with Crippen LogP contribution in [-0.4, -0.2) is 27.0 Å². The molecule has 3 rings (SSSR count). The van der Waals surface area contributed by atoms with Gasteiger partial charge in [0.15, 0.2) is 0 Å². The Balaban J connectivity index is 1.52. The number of carbonyl (C=O) groups excluding carboxylic acids is 1. The Labute approximate surface area is 134 Å². The first kappa shape index (κ1) is 15.0. The molecule has 0 saturated heterocycles. The van der Waals surface area contributed by atoms with E-state index in [1.807, 2.05) is 41.1 Å². The van der Waals surface area contributed by atoms with E-state index < -0.39 is 0 Å². The number of nitrogens with two attached hydrogens (primary N) is 1. The van der Waals surface area contributed by atoms with E-state index in [9.17, 15) is 4.79 Å². The number of nitrogen functional groups attached to an aromatic ring is 1. The van der Waals surface area contributed by atoms with Gasteiger partial charge in [-0.3, -0.25) is 9.78 Å². The monoisotopic (exact) mass is 309 g/mol. The number of hydrogen-bond donors (Lipinski definition) is 2. The SMILES string of the molecule is Nc1cccc2ccc(CC(=O)NCCCn3ccnc3)nc12. The maximum atomic E-state index is 12.0. The summed E-state index contributed by atoms with van der Waals surface area (Å²) in [6.45, 7) is 1.47. The molecule has 3 N–H and O–H groups in total. The lowest BCUT2D eigenvalue weighted by Crippen LogP contribution is -2.27. The Morgan fingerprint density at radius 1 is 1.26 bits per heavy atom. The lowest BCUT2D eigenvalue weighted by Gasteiger charge is -2.07. The fourth-order valence-electron chi connectivity index (χ4n) is 2.44. The van der Waals surface area contributed by atoms with Crippen molar-refractivity contribution in [1.82, 2.24) is 19.9 Å². The highest BCUT2D eigenvalue weighted by Gasteiger charge is 2.06. The van der Waals surface area contributed by atoms with Crippen LogP contribution >= 0.6 is 0 Å². The highest BCUT2D eigenvalue weighted by atomic mass is 16.1. The minimum atomic E-state index is -0.0306. The molecule has 2 aromatic heterocycles. The average molecular weight is 309 g/mol. The number of nitrogens with one attached hydrogen (secondary N) is 1. The summed E-state index contributed by atoms with van der Waals surface area (Å²) in [6.07, 6.45) is 6.54. The standard InChI is InChI=1S/C17H19N5O/c18-15-4-1-3-13-5-6-14(21-17(13)15)11-16(23)20-7-2-9-22-10-8-19-12-22/h1,3-6,8,10,12H,2,7,9,11,18H2,(H,20,23). The molecule has 0 radical (unpaired) electrons. The van der Waals surface area contributed by atoms with Crippen LogP contribution in [0.3, 0.4) is 0 Å². The van der Waals surface area contributed by atoms with Crippen molar-refractivity contribution in [2.24, 2.45) is 0 Å². The summed E-state index contributed by atoms with van der Waals surface area (Å²) in [5, 5.41) is 3.89. The van der Waals surface area contributed by atoms with E-state index >= 15 is 0 Å². The number of carbonyl (C=O) groups is 1. The van der Waals surface area contributed by atoms with Crippen LogP contribution in [0.25, 0.3) is 10.9 Å². The van der Waals surface area contributed by atoms with Gasteiger partial charge in [0.25, 0.3) is 0 Å². The Bertz CT molecular complexity index is 798. The molecule has 0 saturated carbocycles. The van der Waals surface area contributed by atoms with Crippen molar-refractivity contribution in [3.63, 3.8) is 0 Å². The molecule has 0 atom stereocenters. The molecule has 6 heteroatoms. The first-order valence-electron chi connectivity index (χ1n) is 7.59. The van der Waals surface area contributed by atoms with Crippen molar-refractivity contribution in [2.75, 3.05) is 12.3 Å². The molecule has 3 aromatic rings. The van der Waals surface area contributed by atoms with Crippen LogP contribution < -0.4 is 11.1 Å². The van der Waals surface area contributed by atoms with Gasteiger partial charge in [0.2, 0.25) is 5.91 Å². The molecule has 0 unspecified atom stereocenters. The first-order valence-corrected chi connectivity index (χ1v) is 7.59. The molecular weight excluding hydrogens is 290 g/mol. The van der Waals surface area contributed by atoms with Gasteiger partial charge < -0.3 is 15.6 Å². The van der Waals surface area contributed by atoms with E-state index in [-0.39, 0.29) is 12.3 Å². The molecule has 6 nitrogen and oxygen atoms in total. The van der Waals surface area contributed by atoms with Crippen molar-refractivity contribution in [3.05, 3.63) is 54.7 Å². The zero-order valence-corrected chi connectivity index (χ0v) is 12.8. The highest BCUT2D eigenvalue weighted by Crippen LogP contribution is 2.18. The molecule has 118 valence electrons. The summed E-state index contributed by atoms with van der Waals surface area (Å²) in [7, 11) is 0. The van der Waals surface area contributed by atoms with Gasteiger partial charge in [-0.25, -0.2) is 4.98 Å². The van der Waals surface area contributed by atoms with Crippen molar-refractivity contribution < 1.29 is 4.79 Å². The second-order valence-corrected chi connectivity index (χ2v) is 5.40.